The van der Waals surface area contributed by atoms with Crippen LogP contribution in [0.5, 0.6) is 0 Å². The van der Waals surface area contributed by atoms with Gasteiger partial charge in [-0.2, -0.15) is 0 Å². The Hall–Kier alpha value is -2.44. The summed E-state index contributed by atoms with van der Waals surface area (Å²) in [4.78, 5) is 27.7. The largest absolute Gasteiger partial charge is 0.394 e. The van der Waals surface area contributed by atoms with E-state index in [0.717, 1.165) is 11.3 Å². The summed E-state index contributed by atoms with van der Waals surface area (Å²) >= 11 is 0. The van der Waals surface area contributed by atoms with Crippen LogP contribution in [0.3, 0.4) is 0 Å². The zero-order chi connectivity index (χ0) is 18.8. The molecule has 2 heterocycles. The maximum Gasteiger partial charge on any atom is 0.263 e. The van der Waals surface area contributed by atoms with Crippen LogP contribution in [-0.4, -0.2) is 46.3 Å². The smallest absolute Gasteiger partial charge is 0.263 e. The number of nitrogens with zero attached hydrogens (tertiary/aromatic N) is 2. The van der Waals surface area contributed by atoms with Gasteiger partial charge >= 0.3 is 0 Å². The molecule has 1 aromatic carbocycles. The predicted octanol–water partition coefficient (Wildman–Crippen LogP) is 1.58. The number of hydrogen-bond donors (Lipinski definition) is 1. The predicted molar refractivity (Wildman–Crippen MR) is 98.2 cm³/mol. The Bertz CT molecular complexity index is 860. The molecule has 0 bridgehead atoms. The lowest BCUT2D eigenvalue weighted by Gasteiger charge is -2.41. The quantitative estimate of drug-likeness (QED) is 0.906. The van der Waals surface area contributed by atoms with Gasteiger partial charge in [-0.25, -0.2) is 0 Å². The van der Waals surface area contributed by atoms with E-state index in [2.05, 4.69) is 0 Å². The fourth-order valence-electron chi connectivity index (χ4n) is 3.54. The normalized spacial score (nSPS) is 20.2. The summed E-state index contributed by atoms with van der Waals surface area (Å²) in [6.45, 7) is 4.11. The molecule has 1 fully saturated rings. The van der Waals surface area contributed by atoms with Crippen LogP contribution >= 0.6 is 0 Å². The van der Waals surface area contributed by atoms with E-state index in [1.807, 2.05) is 43.3 Å². The molecule has 1 aliphatic heterocycles. The van der Waals surface area contributed by atoms with Gasteiger partial charge in [0.15, 0.2) is 0 Å². The van der Waals surface area contributed by atoms with Crippen LogP contribution in [0.15, 0.2) is 41.2 Å². The number of carbonyl (C=O) groups excluding carboxylic acids is 1. The van der Waals surface area contributed by atoms with Gasteiger partial charge in [-0.05, 0) is 31.0 Å². The molecule has 26 heavy (non-hydrogen) atoms. The minimum atomic E-state index is -0.523. The molecule has 0 radical (unpaired) electrons. The Morgan fingerprint density at radius 3 is 2.62 bits per heavy atom. The minimum Gasteiger partial charge on any atom is -0.394 e. The average molecular weight is 356 g/mol. The topological polar surface area (TPSA) is 71.8 Å². The molecule has 1 aromatic heterocycles. The molecule has 0 saturated carbocycles. The maximum atomic E-state index is 13.3. The van der Waals surface area contributed by atoms with E-state index in [4.69, 9.17) is 4.74 Å². The molecule has 0 unspecified atom stereocenters. The van der Waals surface area contributed by atoms with Gasteiger partial charge in [-0.15, -0.1) is 0 Å². The van der Waals surface area contributed by atoms with Gasteiger partial charge in [0.25, 0.3) is 11.5 Å². The second kappa shape index (κ2) is 7.43. The lowest BCUT2D eigenvalue weighted by Crippen LogP contribution is -2.50. The van der Waals surface area contributed by atoms with Gasteiger partial charge in [0.05, 0.1) is 19.3 Å². The number of rotatable bonds is 3. The molecule has 1 N–H and O–H groups in total. The zero-order valence-corrected chi connectivity index (χ0v) is 15.3. The summed E-state index contributed by atoms with van der Waals surface area (Å²) in [7, 11) is 1.67. The third-order valence-electron chi connectivity index (χ3n) is 5.02. The molecule has 1 amide bonds. The molecule has 2 aromatic rings. The van der Waals surface area contributed by atoms with Gasteiger partial charge in [-0.3, -0.25) is 9.59 Å². The first-order valence-electron chi connectivity index (χ1n) is 8.71. The molecule has 2 atom stereocenters. The van der Waals surface area contributed by atoms with Crippen LogP contribution in [0.4, 0.5) is 0 Å². The monoisotopic (exact) mass is 356 g/mol. The standard InChI is InChI=1S/C20H24N2O4/c1-13-11-14(2)21(3)19(24)17(13)20(25)22-9-10-26-16(12-23)18(22)15-7-5-4-6-8-15/h4-8,11,16,18,23H,9-10,12H2,1-3H3/t16-,18-/m1/s1. The van der Waals surface area contributed by atoms with Gasteiger partial charge in [0, 0.05) is 19.3 Å². The van der Waals surface area contributed by atoms with Crippen molar-refractivity contribution in [1.29, 1.82) is 0 Å². The van der Waals surface area contributed by atoms with Crippen molar-refractivity contribution in [3.05, 3.63) is 69.1 Å². The molecular weight excluding hydrogens is 332 g/mol. The summed E-state index contributed by atoms with van der Waals surface area (Å²) in [5.41, 5.74) is 2.22. The number of benzene rings is 1. The maximum absolute atomic E-state index is 13.3. The van der Waals surface area contributed by atoms with Crippen LogP contribution in [0.1, 0.15) is 33.2 Å². The molecule has 6 heteroatoms. The van der Waals surface area contributed by atoms with Crippen LogP contribution < -0.4 is 5.56 Å². The highest BCUT2D eigenvalue weighted by Crippen LogP contribution is 2.30. The number of ether oxygens (including phenoxy) is 1. The van der Waals surface area contributed by atoms with Crippen molar-refractivity contribution in [2.24, 2.45) is 7.05 Å². The molecule has 0 spiro atoms. The van der Waals surface area contributed by atoms with Crippen LogP contribution in [0.2, 0.25) is 0 Å². The van der Waals surface area contributed by atoms with Gasteiger partial charge in [0.1, 0.15) is 11.7 Å². The summed E-state index contributed by atoms with van der Waals surface area (Å²) in [6.07, 6.45) is -0.523. The van der Waals surface area contributed by atoms with E-state index >= 15 is 0 Å². The molecule has 6 nitrogen and oxygen atoms in total. The SMILES string of the molecule is Cc1cc(C)n(C)c(=O)c1C(=O)N1CCO[C@H](CO)[C@H]1c1ccccc1. The lowest BCUT2D eigenvalue weighted by molar-refractivity contribution is -0.0812. The summed E-state index contributed by atoms with van der Waals surface area (Å²) in [6, 6.07) is 10.9. The number of morpholine rings is 1. The van der Waals surface area contributed by atoms with Gasteiger partial charge in [-0.1, -0.05) is 30.3 Å². The van der Waals surface area contributed by atoms with Crippen molar-refractivity contribution in [3.8, 4) is 0 Å². The summed E-state index contributed by atoms with van der Waals surface area (Å²) in [5.74, 6) is -0.321. The first-order valence-corrected chi connectivity index (χ1v) is 8.71. The molecule has 138 valence electrons. The number of carbonyl (C=O) groups is 1. The second-order valence-corrected chi connectivity index (χ2v) is 6.65. The zero-order valence-electron chi connectivity index (χ0n) is 15.3. The molecule has 1 saturated heterocycles. The Morgan fingerprint density at radius 2 is 1.96 bits per heavy atom. The van der Waals surface area contributed by atoms with Crippen LogP contribution in [0, 0.1) is 13.8 Å². The summed E-state index contributed by atoms with van der Waals surface area (Å²) < 4.78 is 7.17. The average Bonchev–Trinajstić information content (AvgIpc) is 2.66. The fraction of sp³-hybridized carbons (Fsp3) is 0.400. The molecular formula is C20H24N2O4. The van der Waals surface area contributed by atoms with Crippen molar-refractivity contribution >= 4 is 5.91 Å². The van der Waals surface area contributed by atoms with Crippen molar-refractivity contribution in [1.82, 2.24) is 9.47 Å². The van der Waals surface area contributed by atoms with Crippen molar-refractivity contribution in [2.75, 3.05) is 19.8 Å². The molecule has 1 aliphatic rings. The summed E-state index contributed by atoms with van der Waals surface area (Å²) in [5, 5.41) is 9.75. The lowest BCUT2D eigenvalue weighted by atomic mass is 9.97. The van der Waals surface area contributed by atoms with E-state index in [0.29, 0.717) is 18.7 Å². The third-order valence-corrected chi connectivity index (χ3v) is 5.02. The third kappa shape index (κ3) is 3.18. The van der Waals surface area contributed by atoms with E-state index in [1.165, 1.54) is 4.57 Å². The first kappa shape index (κ1) is 18.4. The van der Waals surface area contributed by atoms with E-state index in [1.54, 1.807) is 18.9 Å². The van der Waals surface area contributed by atoms with Crippen molar-refractivity contribution < 1.29 is 14.6 Å². The van der Waals surface area contributed by atoms with Gasteiger partial charge < -0.3 is 19.3 Å². The number of aryl methyl sites for hydroxylation is 2. The Morgan fingerprint density at radius 1 is 1.27 bits per heavy atom. The number of aliphatic hydroxyl groups is 1. The Balaban J connectivity index is 2.07. The van der Waals surface area contributed by atoms with E-state index in [9.17, 15) is 14.7 Å². The van der Waals surface area contributed by atoms with Crippen LogP contribution in [0.25, 0.3) is 0 Å². The number of aromatic nitrogens is 1. The Kier molecular flexibility index (Phi) is 5.25. The van der Waals surface area contributed by atoms with E-state index < -0.39 is 12.1 Å². The second-order valence-electron chi connectivity index (χ2n) is 6.65. The Labute approximate surface area is 152 Å². The minimum absolute atomic E-state index is 0.178. The number of pyridine rings is 1. The van der Waals surface area contributed by atoms with Crippen LogP contribution in [-0.2, 0) is 11.8 Å². The molecule has 0 aliphatic carbocycles. The van der Waals surface area contributed by atoms with Crippen molar-refractivity contribution in [2.45, 2.75) is 26.0 Å². The highest BCUT2D eigenvalue weighted by Gasteiger charge is 2.37. The number of hydrogen-bond acceptors (Lipinski definition) is 4. The highest BCUT2D eigenvalue weighted by molar-refractivity contribution is 5.95. The van der Waals surface area contributed by atoms with Gasteiger partial charge in [0.2, 0.25) is 0 Å². The first-order chi connectivity index (χ1) is 12.5. The highest BCUT2D eigenvalue weighted by atomic mass is 16.5. The molecule has 3 rings (SSSR count). The van der Waals surface area contributed by atoms with E-state index in [-0.39, 0.29) is 23.6 Å². The fourth-order valence-corrected chi connectivity index (χ4v) is 3.54. The number of amides is 1. The van der Waals surface area contributed by atoms with Crippen molar-refractivity contribution in [3.63, 3.8) is 0 Å². The number of aliphatic hydroxyl groups excluding tert-OH is 1.